The first-order chi connectivity index (χ1) is 14.3. The molecule has 1 amide bonds. The lowest BCUT2D eigenvalue weighted by atomic mass is 10.0. The highest BCUT2D eigenvalue weighted by atomic mass is 79.9. The number of nitrogens with one attached hydrogen (secondary N) is 1. The van der Waals surface area contributed by atoms with E-state index in [2.05, 4.69) is 32.8 Å². The van der Waals surface area contributed by atoms with Crippen molar-refractivity contribution < 1.29 is 17.6 Å². The lowest BCUT2D eigenvalue weighted by molar-refractivity contribution is -0.132. The number of carbonyl (C=O) groups is 1. The minimum Gasteiger partial charge on any atom is -0.343 e. The van der Waals surface area contributed by atoms with Crippen molar-refractivity contribution in [2.75, 3.05) is 13.1 Å². The van der Waals surface area contributed by atoms with Crippen molar-refractivity contribution in [3.63, 3.8) is 0 Å². The number of unbranched alkanes of at least 4 members (excludes halogenated alkanes) is 1. The molecule has 1 heterocycles. The minimum absolute atomic E-state index is 0.0492. The highest BCUT2D eigenvalue weighted by Gasteiger charge is 2.26. The molecule has 2 aromatic rings. The highest BCUT2D eigenvalue weighted by Crippen LogP contribution is 2.17. The van der Waals surface area contributed by atoms with Crippen LogP contribution in [0.1, 0.15) is 37.7 Å². The van der Waals surface area contributed by atoms with E-state index < -0.39 is 15.8 Å². The van der Waals surface area contributed by atoms with Crippen molar-refractivity contribution in [1.82, 2.24) is 9.62 Å². The third kappa shape index (κ3) is 6.62. The second-order valence-electron chi connectivity index (χ2n) is 7.56. The predicted molar refractivity (Wildman–Crippen MR) is 118 cm³/mol. The molecule has 0 saturated carbocycles. The van der Waals surface area contributed by atoms with Crippen molar-refractivity contribution >= 4 is 31.9 Å². The summed E-state index contributed by atoms with van der Waals surface area (Å²) in [6.07, 6.45) is 4.42. The van der Waals surface area contributed by atoms with Gasteiger partial charge in [-0.2, -0.15) is 0 Å². The van der Waals surface area contributed by atoms with Gasteiger partial charge in [-0.3, -0.25) is 4.79 Å². The van der Waals surface area contributed by atoms with E-state index in [9.17, 15) is 17.6 Å². The molecule has 1 N–H and O–H groups in total. The van der Waals surface area contributed by atoms with Crippen molar-refractivity contribution in [3.8, 4) is 0 Å². The first-order valence-corrected chi connectivity index (χ1v) is 12.4. The molecular formula is C22H26BrFN2O3S. The average molecular weight is 497 g/mol. The van der Waals surface area contributed by atoms with Gasteiger partial charge in [0.15, 0.2) is 0 Å². The Morgan fingerprint density at radius 3 is 2.30 bits per heavy atom. The van der Waals surface area contributed by atoms with Gasteiger partial charge in [0.05, 0.1) is 4.90 Å². The fourth-order valence-corrected chi connectivity index (χ4v) is 5.13. The van der Waals surface area contributed by atoms with E-state index in [-0.39, 0.29) is 16.8 Å². The van der Waals surface area contributed by atoms with Crippen LogP contribution >= 0.6 is 15.9 Å². The summed E-state index contributed by atoms with van der Waals surface area (Å²) in [7, 11) is -3.68. The van der Waals surface area contributed by atoms with Crippen LogP contribution in [0.4, 0.5) is 4.39 Å². The zero-order valence-corrected chi connectivity index (χ0v) is 19.1. The van der Waals surface area contributed by atoms with Crippen molar-refractivity contribution in [1.29, 1.82) is 0 Å². The first kappa shape index (κ1) is 22.9. The number of likely N-dealkylation sites (tertiary alicyclic amines) is 1. The second-order valence-corrected chi connectivity index (χ2v) is 10.2. The average Bonchev–Trinajstić information content (AvgIpc) is 2.73. The number of benzene rings is 2. The van der Waals surface area contributed by atoms with E-state index in [1.54, 1.807) is 0 Å². The van der Waals surface area contributed by atoms with Crippen LogP contribution in [-0.2, 0) is 21.2 Å². The van der Waals surface area contributed by atoms with E-state index in [1.807, 2.05) is 17.0 Å². The summed E-state index contributed by atoms with van der Waals surface area (Å²) in [5.41, 5.74) is 1.26. The summed E-state index contributed by atoms with van der Waals surface area (Å²) in [5.74, 6) is -0.344. The Kier molecular flexibility index (Phi) is 8.02. The van der Waals surface area contributed by atoms with Gasteiger partial charge in [0.25, 0.3) is 0 Å². The zero-order valence-electron chi connectivity index (χ0n) is 16.7. The molecule has 1 fully saturated rings. The number of hydrogen-bond acceptors (Lipinski definition) is 3. The van der Waals surface area contributed by atoms with Gasteiger partial charge in [-0.05, 0) is 74.1 Å². The molecule has 1 aliphatic rings. The molecule has 3 rings (SSSR count). The van der Waals surface area contributed by atoms with E-state index in [1.165, 1.54) is 17.7 Å². The molecule has 0 aliphatic carbocycles. The molecule has 2 aromatic carbocycles. The smallest absolute Gasteiger partial charge is 0.240 e. The molecule has 1 aliphatic heterocycles. The Morgan fingerprint density at radius 1 is 1.03 bits per heavy atom. The van der Waals surface area contributed by atoms with Crippen molar-refractivity contribution in [2.45, 2.75) is 49.5 Å². The Balaban J connectivity index is 1.38. The van der Waals surface area contributed by atoms with Gasteiger partial charge in [-0.25, -0.2) is 17.5 Å². The Bertz CT molecular complexity index is 941. The summed E-state index contributed by atoms with van der Waals surface area (Å²) >= 11 is 3.42. The SMILES string of the molecule is O=C(CCCCc1ccc(Br)cc1)N1CCC(NS(=O)(=O)c2ccc(F)cc2)CC1. The van der Waals surface area contributed by atoms with Gasteiger partial charge in [-0.1, -0.05) is 28.1 Å². The number of sulfonamides is 1. The third-order valence-electron chi connectivity index (χ3n) is 5.31. The van der Waals surface area contributed by atoms with Gasteiger partial charge in [0.2, 0.25) is 15.9 Å². The Labute approximate surface area is 185 Å². The Hall–Kier alpha value is -1.77. The lowest BCUT2D eigenvalue weighted by Gasteiger charge is -2.32. The van der Waals surface area contributed by atoms with Crippen LogP contribution in [0.15, 0.2) is 57.9 Å². The van der Waals surface area contributed by atoms with Crippen LogP contribution in [0.2, 0.25) is 0 Å². The van der Waals surface area contributed by atoms with Gasteiger partial charge in [0, 0.05) is 30.0 Å². The first-order valence-electron chi connectivity index (χ1n) is 10.1. The number of rotatable bonds is 8. The van der Waals surface area contributed by atoms with Gasteiger partial charge in [0.1, 0.15) is 5.82 Å². The van der Waals surface area contributed by atoms with Gasteiger partial charge >= 0.3 is 0 Å². The zero-order chi connectivity index (χ0) is 21.6. The minimum atomic E-state index is -3.68. The molecule has 1 saturated heterocycles. The number of aryl methyl sites for hydroxylation is 1. The molecule has 0 radical (unpaired) electrons. The van der Waals surface area contributed by atoms with Crippen molar-refractivity contribution in [3.05, 3.63) is 64.4 Å². The predicted octanol–water partition coefficient (Wildman–Crippen LogP) is 4.27. The molecule has 0 spiro atoms. The monoisotopic (exact) mass is 496 g/mol. The quantitative estimate of drug-likeness (QED) is 0.554. The van der Waals surface area contributed by atoms with Crippen LogP contribution in [0.25, 0.3) is 0 Å². The number of amides is 1. The number of hydrogen-bond donors (Lipinski definition) is 1. The lowest BCUT2D eigenvalue weighted by Crippen LogP contribution is -2.46. The van der Waals surface area contributed by atoms with E-state index >= 15 is 0 Å². The summed E-state index contributed by atoms with van der Waals surface area (Å²) in [5, 5.41) is 0. The van der Waals surface area contributed by atoms with Gasteiger partial charge < -0.3 is 4.90 Å². The molecule has 30 heavy (non-hydrogen) atoms. The number of carbonyl (C=O) groups excluding carboxylic acids is 1. The topological polar surface area (TPSA) is 66.5 Å². The second kappa shape index (κ2) is 10.5. The summed E-state index contributed by atoms with van der Waals surface area (Å²) < 4.78 is 41.6. The molecular weight excluding hydrogens is 471 g/mol. The fraction of sp³-hybridized carbons (Fsp3) is 0.409. The molecule has 162 valence electrons. The van der Waals surface area contributed by atoms with Crippen LogP contribution in [0, 0.1) is 5.82 Å². The highest BCUT2D eigenvalue weighted by molar-refractivity contribution is 9.10. The van der Waals surface area contributed by atoms with E-state index in [0.29, 0.717) is 32.4 Å². The van der Waals surface area contributed by atoms with Crippen LogP contribution in [0.5, 0.6) is 0 Å². The fourth-order valence-electron chi connectivity index (χ4n) is 3.56. The van der Waals surface area contributed by atoms with Crippen LogP contribution in [0.3, 0.4) is 0 Å². The van der Waals surface area contributed by atoms with E-state index in [4.69, 9.17) is 0 Å². The maximum atomic E-state index is 13.0. The normalized spacial score (nSPS) is 15.3. The van der Waals surface area contributed by atoms with Crippen molar-refractivity contribution in [2.24, 2.45) is 0 Å². The largest absolute Gasteiger partial charge is 0.343 e. The molecule has 5 nitrogen and oxygen atoms in total. The summed E-state index contributed by atoms with van der Waals surface area (Å²) in [4.78, 5) is 14.3. The maximum Gasteiger partial charge on any atom is 0.240 e. The van der Waals surface area contributed by atoms with Crippen LogP contribution in [-0.4, -0.2) is 38.4 Å². The number of halogens is 2. The Morgan fingerprint density at radius 2 is 1.67 bits per heavy atom. The number of piperidine rings is 1. The molecule has 0 aromatic heterocycles. The maximum absolute atomic E-state index is 13.0. The van der Waals surface area contributed by atoms with Crippen LogP contribution < -0.4 is 4.72 Å². The summed E-state index contributed by atoms with van der Waals surface area (Å²) in [6, 6.07) is 12.8. The standard InChI is InChI=1S/C22H26BrFN2O3S/c23-18-7-5-17(6-8-18)3-1-2-4-22(27)26-15-13-20(14-16-26)25-30(28,29)21-11-9-19(24)10-12-21/h5-12,20,25H,1-4,13-16H2. The molecule has 8 heteroatoms. The molecule has 0 bridgehead atoms. The molecule has 0 atom stereocenters. The summed E-state index contributed by atoms with van der Waals surface area (Å²) in [6.45, 7) is 1.09. The van der Waals surface area contributed by atoms with Gasteiger partial charge in [-0.15, -0.1) is 0 Å². The third-order valence-corrected chi connectivity index (χ3v) is 7.38. The van der Waals surface area contributed by atoms with E-state index in [0.717, 1.165) is 35.9 Å². The number of nitrogens with zero attached hydrogens (tertiary/aromatic N) is 1. The molecule has 0 unspecified atom stereocenters.